The van der Waals surface area contributed by atoms with Gasteiger partial charge < -0.3 is 18.9 Å². The Morgan fingerprint density at radius 3 is 0.934 bits per heavy atom. The quantitative estimate of drug-likeness (QED) is 0.0211. The molecule has 1 N–H and O–H groups in total. The molecule has 0 rings (SSSR count). The molecule has 0 fully saturated rings. The second kappa shape index (κ2) is 71.0. The molecule has 0 aromatic rings. The number of hydrogen-bond acceptors (Lipinski definition) is 7. The minimum Gasteiger partial charge on any atom is -0.462 e. The molecule has 0 spiro atoms. The van der Waals surface area contributed by atoms with Gasteiger partial charge in [0.1, 0.15) is 19.8 Å². The van der Waals surface area contributed by atoms with Crippen molar-refractivity contribution < 1.29 is 42.1 Å². The van der Waals surface area contributed by atoms with Gasteiger partial charge in [-0.3, -0.25) is 18.6 Å². The molecule has 2 atom stereocenters. The number of nitrogens with zero attached hydrogens (tertiary/aromatic N) is 1. The minimum absolute atomic E-state index is 0.0207. The van der Waals surface area contributed by atoms with Crippen LogP contribution in [-0.2, 0) is 32.7 Å². The molecule has 526 valence electrons. The Hall–Kier alpha value is -3.33. The topological polar surface area (TPSA) is 108 Å². The molecule has 0 aliphatic rings. The van der Waals surface area contributed by atoms with E-state index in [0.717, 1.165) is 96.3 Å². The Morgan fingerprint density at radius 2 is 0.626 bits per heavy atom. The van der Waals surface area contributed by atoms with Crippen LogP contribution in [-0.4, -0.2) is 74.9 Å². The van der Waals surface area contributed by atoms with E-state index in [0.29, 0.717) is 17.4 Å². The standard InChI is InChI=1S/C81H144NO8P/c1-6-8-10-12-14-16-18-20-22-24-26-28-30-32-34-36-38-39-40-41-42-44-45-47-49-51-53-55-57-59-61-63-65-67-69-71-73-80(83)87-77-79(78-89-91(85,86)88-76-75-82(3,4)5)90-81(84)74-72-70-68-66-64-62-60-58-56-54-52-50-48-46-43-37-35-33-31-29-27-25-23-21-19-17-15-13-11-9-7-2/h9,11,15,17,21,23,27,29,33,35,43,46,50,52,56,58,62,64,79H,6-8,10,12-14,16,18-20,22,24-26,28,30-32,34,36-42,44-45,47-49,51,53-55,57,59-61,63,65-78H2,1-5H3/p+1/b11-9-,17-15-,23-21-,29-27-,35-33-,46-43-,52-50-,58-56-,64-62-. The maximum Gasteiger partial charge on any atom is 0.472 e. The molecule has 0 aromatic carbocycles. The highest BCUT2D eigenvalue weighted by Crippen LogP contribution is 2.43. The first kappa shape index (κ1) is 87.7. The number of ether oxygens (including phenoxy) is 2. The molecule has 91 heavy (non-hydrogen) atoms. The van der Waals surface area contributed by atoms with Gasteiger partial charge in [-0.1, -0.05) is 354 Å². The molecule has 2 unspecified atom stereocenters. The number of phosphoric ester groups is 1. The molecule has 0 saturated heterocycles. The van der Waals surface area contributed by atoms with Gasteiger partial charge in [-0.2, -0.15) is 0 Å². The van der Waals surface area contributed by atoms with Gasteiger partial charge in [0.05, 0.1) is 27.7 Å². The van der Waals surface area contributed by atoms with Crippen LogP contribution in [0.4, 0.5) is 0 Å². The van der Waals surface area contributed by atoms with Crippen molar-refractivity contribution >= 4 is 19.8 Å². The zero-order valence-electron chi connectivity index (χ0n) is 60.1. The highest BCUT2D eigenvalue weighted by Gasteiger charge is 2.27. The Bertz CT molecular complexity index is 1910. The van der Waals surface area contributed by atoms with Crippen LogP contribution in [0.15, 0.2) is 109 Å². The highest BCUT2D eigenvalue weighted by atomic mass is 31.2. The van der Waals surface area contributed by atoms with E-state index in [1.165, 1.54) is 212 Å². The summed E-state index contributed by atoms with van der Waals surface area (Å²) in [5, 5.41) is 0. The molecule has 0 aromatic heterocycles. The van der Waals surface area contributed by atoms with Gasteiger partial charge in [0.2, 0.25) is 0 Å². The van der Waals surface area contributed by atoms with Crippen molar-refractivity contribution in [2.75, 3.05) is 47.5 Å². The van der Waals surface area contributed by atoms with Gasteiger partial charge in [0.25, 0.3) is 0 Å². The molecule has 0 radical (unpaired) electrons. The van der Waals surface area contributed by atoms with Crippen LogP contribution in [0.25, 0.3) is 0 Å². The number of carbonyl (C=O) groups is 2. The Labute approximate surface area is 563 Å². The van der Waals surface area contributed by atoms with Crippen LogP contribution in [0.5, 0.6) is 0 Å². The number of rotatable bonds is 70. The summed E-state index contributed by atoms with van der Waals surface area (Å²) in [4.78, 5) is 35.9. The molecule has 0 aliphatic carbocycles. The first-order valence-electron chi connectivity index (χ1n) is 38.1. The molecule has 0 saturated carbocycles. The van der Waals surface area contributed by atoms with E-state index in [9.17, 15) is 19.0 Å². The smallest absolute Gasteiger partial charge is 0.462 e. The van der Waals surface area contributed by atoms with Crippen molar-refractivity contribution in [1.82, 2.24) is 0 Å². The third kappa shape index (κ3) is 75.6. The van der Waals surface area contributed by atoms with Crippen LogP contribution < -0.4 is 0 Å². The zero-order valence-corrected chi connectivity index (χ0v) is 61.0. The number of esters is 2. The Kier molecular flexibility index (Phi) is 68.4. The van der Waals surface area contributed by atoms with E-state index >= 15 is 0 Å². The maximum atomic E-state index is 12.9. The Balaban J connectivity index is 4.05. The number of unbranched alkanes of at least 4 members (excludes halogenated alkanes) is 38. The molecule has 9 nitrogen and oxygen atoms in total. The van der Waals surface area contributed by atoms with Gasteiger partial charge in [-0.15, -0.1) is 0 Å². The number of quaternary nitrogens is 1. The van der Waals surface area contributed by atoms with Crippen LogP contribution in [0, 0.1) is 0 Å². The van der Waals surface area contributed by atoms with Gasteiger partial charge in [0, 0.05) is 12.8 Å². The van der Waals surface area contributed by atoms with Crippen LogP contribution in [0.1, 0.15) is 341 Å². The van der Waals surface area contributed by atoms with Crippen LogP contribution in [0.2, 0.25) is 0 Å². The SMILES string of the molecule is CC/C=C\C/C=C\C/C=C\C/C=C\C/C=C\C/C=C\C/C=C\C/C=C\C/C=C\CCCCCC(=O)OC(COC(=O)CCCCCCCCCCCCCCCCCCCCCCCCCCCCCCCCCCCCCC)COP(=O)(O)OCC[N+](C)(C)C. The number of hydrogen-bond donors (Lipinski definition) is 1. The van der Waals surface area contributed by atoms with Crippen molar-refractivity contribution in [3.8, 4) is 0 Å². The van der Waals surface area contributed by atoms with Crippen molar-refractivity contribution in [1.29, 1.82) is 0 Å². The van der Waals surface area contributed by atoms with E-state index in [1.54, 1.807) is 0 Å². The predicted octanol–water partition coefficient (Wildman–Crippen LogP) is 25.2. The Morgan fingerprint density at radius 1 is 0.352 bits per heavy atom. The fourth-order valence-corrected chi connectivity index (χ4v) is 11.5. The van der Waals surface area contributed by atoms with Crippen LogP contribution >= 0.6 is 7.82 Å². The summed E-state index contributed by atoms with van der Waals surface area (Å²) in [6.45, 7) is 4.32. The summed E-state index contributed by atoms with van der Waals surface area (Å²) < 4.78 is 34.7. The fourth-order valence-electron chi connectivity index (χ4n) is 10.8. The lowest BCUT2D eigenvalue weighted by atomic mass is 10.0. The summed E-state index contributed by atoms with van der Waals surface area (Å²) in [5.74, 6) is -0.830. The van der Waals surface area contributed by atoms with Crippen molar-refractivity contribution in [2.24, 2.45) is 0 Å². The zero-order chi connectivity index (χ0) is 66.2. The summed E-state index contributed by atoms with van der Waals surface area (Å²) in [6, 6.07) is 0. The lowest BCUT2D eigenvalue weighted by molar-refractivity contribution is -0.870. The van der Waals surface area contributed by atoms with E-state index in [2.05, 4.69) is 123 Å². The average molecular weight is 1290 g/mol. The normalized spacial score (nSPS) is 13.7. The van der Waals surface area contributed by atoms with Crippen molar-refractivity contribution in [3.05, 3.63) is 109 Å². The molecule has 0 heterocycles. The number of allylic oxidation sites excluding steroid dienone is 18. The van der Waals surface area contributed by atoms with Gasteiger partial charge in [0.15, 0.2) is 6.10 Å². The van der Waals surface area contributed by atoms with E-state index < -0.39 is 26.5 Å². The highest BCUT2D eigenvalue weighted by molar-refractivity contribution is 7.47. The van der Waals surface area contributed by atoms with E-state index in [4.69, 9.17) is 18.5 Å². The maximum absolute atomic E-state index is 12.9. The number of likely N-dealkylation sites (N-methyl/N-ethyl adjacent to an activating group) is 1. The van der Waals surface area contributed by atoms with Gasteiger partial charge in [-0.25, -0.2) is 4.57 Å². The van der Waals surface area contributed by atoms with Crippen molar-refractivity contribution in [2.45, 2.75) is 347 Å². The second-order valence-corrected chi connectivity index (χ2v) is 28.1. The van der Waals surface area contributed by atoms with Crippen LogP contribution in [0.3, 0.4) is 0 Å². The van der Waals surface area contributed by atoms with Gasteiger partial charge in [-0.05, 0) is 83.5 Å². The monoisotopic (exact) mass is 1290 g/mol. The minimum atomic E-state index is -4.41. The molecule has 0 amide bonds. The largest absolute Gasteiger partial charge is 0.472 e. The molecular formula is C81H145NO8P+. The van der Waals surface area contributed by atoms with Crippen molar-refractivity contribution in [3.63, 3.8) is 0 Å². The van der Waals surface area contributed by atoms with E-state index in [1.807, 2.05) is 21.1 Å². The summed E-state index contributed by atoms with van der Waals surface area (Å²) in [5.41, 5.74) is 0. The number of carbonyl (C=O) groups excluding carboxylic acids is 2. The van der Waals surface area contributed by atoms with Gasteiger partial charge >= 0.3 is 19.8 Å². The average Bonchev–Trinajstić information content (AvgIpc) is 3.30. The molecule has 10 heteroatoms. The summed E-state index contributed by atoms with van der Waals surface area (Å²) >= 11 is 0. The summed E-state index contributed by atoms with van der Waals surface area (Å²) in [6.07, 6.45) is 101. The summed E-state index contributed by atoms with van der Waals surface area (Å²) in [7, 11) is 1.45. The lowest BCUT2D eigenvalue weighted by Crippen LogP contribution is -2.37. The first-order chi connectivity index (χ1) is 44.5. The molecule has 0 bridgehead atoms. The predicted molar refractivity (Wildman–Crippen MR) is 395 cm³/mol. The first-order valence-corrected chi connectivity index (χ1v) is 39.6. The molecular weight excluding hydrogens is 1150 g/mol. The molecule has 0 aliphatic heterocycles. The third-order valence-electron chi connectivity index (χ3n) is 16.6. The lowest BCUT2D eigenvalue weighted by Gasteiger charge is -2.24. The van der Waals surface area contributed by atoms with E-state index in [-0.39, 0.29) is 32.0 Å². The fraction of sp³-hybridized carbons (Fsp3) is 0.753. The second-order valence-electron chi connectivity index (χ2n) is 26.7. The number of phosphoric acid groups is 1. The third-order valence-corrected chi connectivity index (χ3v) is 17.6.